The van der Waals surface area contributed by atoms with Crippen molar-refractivity contribution in [3.8, 4) is 5.75 Å². The molecule has 1 saturated heterocycles. The van der Waals surface area contributed by atoms with E-state index in [2.05, 4.69) is 18.9 Å². The second-order valence-corrected chi connectivity index (χ2v) is 6.37. The minimum Gasteiger partial charge on any atom is -0.497 e. The Balaban J connectivity index is 2.00. The van der Waals surface area contributed by atoms with Gasteiger partial charge in [0.15, 0.2) is 0 Å². The van der Waals surface area contributed by atoms with E-state index in [9.17, 15) is 4.79 Å². The molecule has 1 amide bonds. The maximum absolute atomic E-state index is 12.8. The molecule has 2 unspecified atom stereocenters. The van der Waals surface area contributed by atoms with Crippen LogP contribution in [0.4, 0.5) is 0 Å². The van der Waals surface area contributed by atoms with Crippen LogP contribution in [0.5, 0.6) is 5.75 Å². The Morgan fingerprint density at radius 2 is 2.09 bits per heavy atom. The standard InChI is InChI=1S/C18H28N2O2/c1-5-17(15-6-8-16(22-4)9-7-15)18(21)20(3)13-14-10-11-19(2)12-14/h6-9,14,17H,5,10-13H2,1-4H3. The first-order valence-electron chi connectivity index (χ1n) is 8.12. The van der Waals surface area contributed by atoms with Crippen molar-refractivity contribution < 1.29 is 9.53 Å². The van der Waals surface area contributed by atoms with E-state index in [1.54, 1.807) is 7.11 Å². The molecule has 0 radical (unpaired) electrons. The van der Waals surface area contributed by atoms with Gasteiger partial charge < -0.3 is 14.5 Å². The molecule has 0 N–H and O–H groups in total. The molecule has 0 bridgehead atoms. The zero-order valence-corrected chi connectivity index (χ0v) is 14.2. The van der Waals surface area contributed by atoms with E-state index in [4.69, 9.17) is 4.74 Å². The van der Waals surface area contributed by atoms with Gasteiger partial charge in [0.1, 0.15) is 5.75 Å². The van der Waals surface area contributed by atoms with Crippen LogP contribution in [0.1, 0.15) is 31.2 Å². The summed E-state index contributed by atoms with van der Waals surface area (Å²) < 4.78 is 5.19. The first kappa shape index (κ1) is 16.8. The van der Waals surface area contributed by atoms with E-state index in [0.29, 0.717) is 5.92 Å². The van der Waals surface area contributed by atoms with E-state index < -0.39 is 0 Å². The number of carbonyl (C=O) groups is 1. The van der Waals surface area contributed by atoms with Crippen LogP contribution >= 0.6 is 0 Å². The average Bonchev–Trinajstić information content (AvgIpc) is 2.93. The van der Waals surface area contributed by atoms with E-state index >= 15 is 0 Å². The molecule has 22 heavy (non-hydrogen) atoms. The molecule has 4 nitrogen and oxygen atoms in total. The van der Waals surface area contributed by atoms with E-state index in [0.717, 1.165) is 37.4 Å². The fourth-order valence-corrected chi connectivity index (χ4v) is 3.31. The highest BCUT2D eigenvalue weighted by atomic mass is 16.5. The van der Waals surface area contributed by atoms with Crippen molar-refractivity contribution in [3.05, 3.63) is 29.8 Å². The van der Waals surface area contributed by atoms with Crippen molar-refractivity contribution in [2.45, 2.75) is 25.7 Å². The zero-order valence-electron chi connectivity index (χ0n) is 14.2. The first-order chi connectivity index (χ1) is 10.5. The number of ether oxygens (including phenoxy) is 1. The molecule has 1 aromatic carbocycles. The minimum atomic E-state index is -0.0601. The van der Waals surface area contributed by atoms with Crippen molar-refractivity contribution in [2.24, 2.45) is 5.92 Å². The lowest BCUT2D eigenvalue weighted by atomic mass is 9.94. The third-order valence-electron chi connectivity index (χ3n) is 4.62. The van der Waals surface area contributed by atoms with Gasteiger partial charge >= 0.3 is 0 Å². The van der Waals surface area contributed by atoms with Crippen molar-refractivity contribution >= 4 is 5.91 Å². The SMILES string of the molecule is CCC(C(=O)N(C)CC1CCN(C)C1)c1ccc(OC)cc1. The monoisotopic (exact) mass is 304 g/mol. The zero-order chi connectivity index (χ0) is 16.1. The summed E-state index contributed by atoms with van der Waals surface area (Å²) in [6.45, 7) is 5.17. The molecule has 0 aromatic heterocycles. The normalized spacial score (nSPS) is 19.9. The van der Waals surface area contributed by atoms with Gasteiger partial charge in [-0.2, -0.15) is 0 Å². The Labute approximate surface area is 134 Å². The van der Waals surface area contributed by atoms with Gasteiger partial charge in [0.05, 0.1) is 13.0 Å². The maximum Gasteiger partial charge on any atom is 0.229 e. The van der Waals surface area contributed by atoms with Gasteiger partial charge in [-0.3, -0.25) is 4.79 Å². The lowest BCUT2D eigenvalue weighted by Gasteiger charge is -2.26. The summed E-state index contributed by atoms with van der Waals surface area (Å²) in [7, 11) is 5.74. The molecule has 1 fully saturated rings. The lowest BCUT2D eigenvalue weighted by molar-refractivity contribution is -0.132. The summed E-state index contributed by atoms with van der Waals surface area (Å²) in [5, 5.41) is 0. The second kappa shape index (κ2) is 7.63. The van der Waals surface area contributed by atoms with Gasteiger partial charge in [0, 0.05) is 20.1 Å². The Morgan fingerprint density at radius 1 is 1.41 bits per heavy atom. The van der Waals surface area contributed by atoms with Crippen LogP contribution in [0.2, 0.25) is 0 Å². The van der Waals surface area contributed by atoms with Crippen LogP contribution in [0.25, 0.3) is 0 Å². The predicted molar refractivity (Wildman–Crippen MR) is 89.3 cm³/mol. The molecule has 1 aliphatic heterocycles. The molecule has 4 heteroatoms. The third kappa shape index (κ3) is 4.01. The second-order valence-electron chi connectivity index (χ2n) is 6.37. The van der Waals surface area contributed by atoms with Crippen LogP contribution in [0.15, 0.2) is 24.3 Å². The number of hydrogen-bond donors (Lipinski definition) is 0. The van der Waals surface area contributed by atoms with Gasteiger partial charge in [-0.25, -0.2) is 0 Å². The van der Waals surface area contributed by atoms with Crippen molar-refractivity contribution in [1.82, 2.24) is 9.80 Å². The highest BCUT2D eigenvalue weighted by Crippen LogP contribution is 2.25. The Morgan fingerprint density at radius 3 is 2.59 bits per heavy atom. The van der Waals surface area contributed by atoms with Crippen molar-refractivity contribution in [1.29, 1.82) is 0 Å². The van der Waals surface area contributed by atoms with Gasteiger partial charge in [-0.1, -0.05) is 19.1 Å². The minimum absolute atomic E-state index is 0.0601. The number of amides is 1. The van der Waals surface area contributed by atoms with Crippen LogP contribution in [-0.2, 0) is 4.79 Å². The number of benzene rings is 1. The number of hydrogen-bond acceptors (Lipinski definition) is 3. The van der Waals surface area contributed by atoms with E-state index in [1.807, 2.05) is 36.2 Å². The van der Waals surface area contributed by atoms with E-state index in [1.165, 1.54) is 6.42 Å². The molecule has 0 saturated carbocycles. The van der Waals surface area contributed by atoms with Gasteiger partial charge in [0.2, 0.25) is 5.91 Å². The summed E-state index contributed by atoms with van der Waals surface area (Å²) >= 11 is 0. The largest absolute Gasteiger partial charge is 0.497 e. The highest BCUT2D eigenvalue weighted by molar-refractivity contribution is 5.83. The number of methoxy groups -OCH3 is 1. The molecule has 2 rings (SSSR count). The molecule has 0 aliphatic carbocycles. The van der Waals surface area contributed by atoms with Crippen molar-refractivity contribution in [3.63, 3.8) is 0 Å². The smallest absolute Gasteiger partial charge is 0.229 e. The summed E-state index contributed by atoms with van der Waals surface area (Å²) in [4.78, 5) is 17.0. The maximum atomic E-state index is 12.8. The molecular formula is C18H28N2O2. The summed E-state index contributed by atoms with van der Waals surface area (Å²) in [6, 6.07) is 7.86. The Hall–Kier alpha value is -1.55. The summed E-state index contributed by atoms with van der Waals surface area (Å²) in [5.74, 6) is 1.60. The molecule has 1 aromatic rings. The van der Waals surface area contributed by atoms with E-state index in [-0.39, 0.29) is 11.8 Å². The van der Waals surface area contributed by atoms with Crippen LogP contribution < -0.4 is 4.74 Å². The van der Waals surface area contributed by atoms with Gasteiger partial charge in [0.25, 0.3) is 0 Å². The topological polar surface area (TPSA) is 32.8 Å². The van der Waals surface area contributed by atoms with Crippen molar-refractivity contribution in [2.75, 3.05) is 40.8 Å². The number of nitrogens with zero attached hydrogens (tertiary/aromatic N) is 2. The third-order valence-corrected chi connectivity index (χ3v) is 4.62. The van der Waals surface area contributed by atoms with Crippen LogP contribution in [0, 0.1) is 5.92 Å². The Kier molecular flexibility index (Phi) is 5.83. The first-order valence-corrected chi connectivity index (χ1v) is 8.12. The summed E-state index contributed by atoms with van der Waals surface area (Å²) in [5.41, 5.74) is 1.07. The van der Waals surface area contributed by atoms with Crippen LogP contribution in [0.3, 0.4) is 0 Å². The molecule has 1 aliphatic rings. The average molecular weight is 304 g/mol. The predicted octanol–water partition coefficient (Wildman–Crippen LogP) is 2.60. The number of likely N-dealkylation sites (N-methyl/N-ethyl adjacent to an activating group) is 1. The summed E-state index contributed by atoms with van der Waals surface area (Å²) in [6.07, 6.45) is 2.01. The molecular weight excluding hydrogens is 276 g/mol. The lowest BCUT2D eigenvalue weighted by Crippen LogP contribution is -2.36. The quantitative estimate of drug-likeness (QED) is 0.810. The fourth-order valence-electron chi connectivity index (χ4n) is 3.31. The number of carbonyl (C=O) groups excluding carboxylic acids is 1. The molecule has 1 heterocycles. The molecule has 122 valence electrons. The Bertz CT molecular complexity index is 486. The number of likely N-dealkylation sites (tertiary alicyclic amines) is 1. The molecule has 2 atom stereocenters. The van der Waals surface area contributed by atoms with Gasteiger partial charge in [-0.15, -0.1) is 0 Å². The highest BCUT2D eigenvalue weighted by Gasteiger charge is 2.26. The molecule has 0 spiro atoms. The van der Waals surface area contributed by atoms with Gasteiger partial charge in [-0.05, 0) is 50.0 Å². The van der Waals surface area contributed by atoms with Crippen LogP contribution in [-0.4, -0.2) is 56.5 Å². The number of rotatable bonds is 6. The fraction of sp³-hybridized carbons (Fsp3) is 0.611.